The second-order valence-electron chi connectivity index (χ2n) is 3.70. The van der Waals surface area contributed by atoms with E-state index in [0.717, 1.165) is 5.56 Å². The van der Waals surface area contributed by atoms with Crippen LogP contribution in [0.2, 0.25) is 0 Å². The standard InChI is InChI=1S/C11H16BrNO3S/c1-2-17(15,16)6-5-13-8-9-3-4-11(14)10(12)7-9/h3-4,7,13-14H,2,5-6,8H2,1H3. The van der Waals surface area contributed by atoms with Crippen LogP contribution in [-0.4, -0.2) is 31.6 Å². The Bertz CT molecular complexity index is 474. The fourth-order valence-electron chi connectivity index (χ4n) is 1.27. The Labute approximate surface area is 110 Å². The smallest absolute Gasteiger partial charge is 0.151 e. The first-order valence-electron chi connectivity index (χ1n) is 5.33. The van der Waals surface area contributed by atoms with Gasteiger partial charge in [-0.25, -0.2) is 8.42 Å². The third kappa shape index (κ3) is 5.06. The van der Waals surface area contributed by atoms with Crippen molar-refractivity contribution >= 4 is 25.8 Å². The summed E-state index contributed by atoms with van der Waals surface area (Å²) >= 11 is 3.22. The molecule has 0 aliphatic heterocycles. The summed E-state index contributed by atoms with van der Waals surface area (Å²) in [5.74, 6) is 0.532. The zero-order valence-electron chi connectivity index (χ0n) is 9.61. The molecule has 0 bridgehead atoms. The molecule has 0 saturated carbocycles. The lowest BCUT2D eigenvalue weighted by molar-refractivity contribution is 0.471. The summed E-state index contributed by atoms with van der Waals surface area (Å²) in [6.07, 6.45) is 0. The van der Waals surface area contributed by atoms with E-state index >= 15 is 0 Å². The number of halogens is 1. The van der Waals surface area contributed by atoms with Crippen molar-refractivity contribution in [3.63, 3.8) is 0 Å². The molecule has 6 heteroatoms. The Balaban J connectivity index is 2.39. The Morgan fingerprint density at radius 2 is 2.12 bits per heavy atom. The van der Waals surface area contributed by atoms with Gasteiger partial charge in [0.15, 0.2) is 9.84 Å². The number of benzene rings is 1. The predicted octanol–water partition coefficient (Wildman–Crippen LogP) is 1.68. The molecule has 0 saturated heterocycles. The fraction of sp³-hybridized carbons (Fsp3) is 0.455. The van der Waals surface area contributed by atoms with Crippen molar-refractivity contribution in [1.82, 2.24) is 5.32 Å². The molecule has 0 heterocycles. The Hall–Kier alpha value is -0.590. The van der Waals surface area contributed by atoms with Crippen molar-refractivity contribution in [2.45, 2.75) is 13.5 Å². The van der Waals surface area contributed by atoms with Gasteiger partial charge in [-0.2, -0.15) is 0 Å². The van der Waals surface area contributed by atoms with E-state index in [-0.39, 0.29) is 17.3 Å². The van der Waals surface area contributed by atoms with Gasteiger partial charge >= 0.3 is 0 Å². The number of rotatable bonds is 6. The lowest BCUT2D eigenvalue weighted by Gasteiger charge is -2.06. The lowest BCUT2D eigenvalue weighted by atomic mass is 10.2. The third-order valence-corrected chi connectivity index (χ3v) is 4.71. The SMILES string of the molecule is CCS(=O)(=O)CCNCc1ccc(O)c(Br)c1. The molecular weight excluding hydrogens is 306 g/mol. The van der Waals surface area contributed by atoms with Crippen molar-refractivity contribution in [2.24, 2.45) is 0 Å². The normalized spacial score (nSPS) is 11.6. The second kappa shape index (κ2) is 6.37. The zero-order chi connectivity index (χ0) is 12.9. The number of hydrogen-bond donors (Lipinski definition) is 2. The average Bonchev–Trinajstić information content (AvgIpc) is 2.29. The molecule has 1 aromatic rings. The van der Waals surface area contributed by atoms with E-state index in [2.05, 4.69) is 21.2 Å². The van der Waals surface area contributed by atoms with Crippen molar-refractivity contribution in [2.75, 3.05) is 18.1 Å². The van der Waals surface area contributed by atoms with Crippen LogP contribution in [0, 0.1) is 0 Å². The highest BCUT2D eigenvalue weighted by Crippen LogP contribution is 2.23. The summed E-state index contributed by atoms with van der Waals surface area (Å²) in [5, 5.41) is 12.4. The van der Waals surface area contributed by atoms with Crippen LogP contribution in [-0.2, 0) is 16.4 Å². The van der Waals surface area contributed by atoms with Crippen LogP contribution in [0.1, 0.15) is 12.5 Å². The van der Waals surface area contributed by atoms with Gasteiger partial charge in [0.25, 0.3) is 0 Å². The highest BCUT2D eigenvalue weighted by molar-refractivity contribution is 9.10. The molecule has 0 unspecified atom stereocenters. The monoisotopic (exact) mass is 321 g/mol. The van der Waals surface area contributed by atoms with Gasteiger partial charge in [-0.05, 0) is 33.6 Å². The van der Waals surface area contributed by atoms with Crippen molar-refractivity contribution in [3.05, 3.63) is 28.2 Å². The van der Waals surface area contributed by atoms with Crippen LogP contribution < -0.4 is 5.32 Å². The number of aromatic hydroxyl groups is 1. The molecule has 0 atom stereocenters. The van der Waals surface area contributed by atoms with E-state index in [1.54, 1.807) is 25.1 Å². The molecule has 0 amide bonds. The Kier molecular flexibility index (Phi) is 5.42. The summed E-state index contributed by atoms with van der Waals surface area (Å²) in [4.78, 5) is 0. The van der Waals surface area contributed by atoms with Crippen LogP contribution in [0.25, 0.3) is 0 Å². The van der Waals surface area contributed by atoms with Crippen LogP contribution in [0.5, 0.6) is 5.75 Å². The van der Waals surface area contributed by atoms with Gasteiger partial charge in [0, 0.05) is 18.8 Å². The van der Waals surface area contributed by atoms with E-state index in [1.165, 1.54) is 0 Å². The maximum Gasteiger partial charge on any atom is 0.151 e. The third-order valence-electron chi connectivity index (χ3n) is 2.37. The van der Waals surface area contributed by atoms with Crippen LogP contribution in [0.4, 0.5) is 0 Å². The quantitative estimate of drug-likeness (QED) is 0.782. The topological polar surface area (TPSA) is 66.4 Å². The van der Waals surface area contributed by atoms with Gasteiger partial charge in [-0.3, -0.25) is 0 Å². The van der Waals surface area contributed by atoms with Gasteiger partial charge in [-0.15, -0.1) is 0 Å². The molecule has 17 heavy (non-hydrogen) atoms. The number of hydrogen-bond acceptors (Lipinski definition) is 4. The molecule has 0 fully saturated rings. The Morgan fingerprint density at radius 1 is 1.41 bits per heavy atom. The summed E-state index contributed by atoms with van der Waals surface area (Å²) < 4.78 is 23.1. The van der Waals surface area contributed by atoms with Gasteiger partial charge in [0.05, 0.1) is 10.2 Å². The van der Waals surface area contributed by atoms with Crippen LogP contribution in [0.15, 0.2) is 22.7 Å². The molecule has 1 aromatic carbocycles. The fourth-order valence-corrected chi connectivity index (χ4v) is 2.44. The summed E-state index contributed by atoms with van der Waals surface area (Å²) in [6.45, 7) is 2.67. The number of nitrogens with one attached hydrogen (secondary N) is 1. The van der Waals surface area contributed by atoms with Crippen LogP contribution in [0.3, 0.4) is 0 Å². The van der Waals surface area contributed by atoms with E-state index < -0.39 is 9.84 Å². The molecule has 0 radical (unpaired) electrons. The number of sulfone groups is 1. The van der Waals surface area contributed by atoms with Crippen LogP contribution >= 0.6 is 15.9 Å². The molecule has 4 nitrogen and oxygen atoms in total. The minimum absolute atomic E-state index is 0.156. The number of phenols is 1. The van der Waals surface area contributed by atoms with E-state index in [1.807, 2.05) is 0 Å². The molecular formula is C11H16BrNO3S. The van der Waals surface area contributed by atoms with Crippen molar-refractivity contribution < 1.29 is 13.5 Å². The van der Waals surface area contributed by atoms with E-state index in [4.69, 9.17) is 0 Å². The largest absolute Gasteiger partial charge is 0.507 e. The highest BCUT2D eigenvalue weighted by Gasteiger charge is 2.06. The maximum atomic E-state index is 11.2. The summed E-state index contributed by atoms with van der Waals surface area (Å²) in [6, 6.07) is 5.20. The lowest BCUT2D eigenvalue weighted by Crippen LogP contribution is -2.23. The average molecular weight is 322 g/mol. The predicted molar refractivity (Wildman–Crippen MR) is 71.8 cm³/mol. The molecule has 0 aliphatic rings. The van der Waals surface area contributed by atoms with Gasteiger partial charge in [0.1, 0.15) is 5.75 Å². The van der Waals surface area contributed by atoms with Gasteiger partial charge < -0.3 is 10.4 Å². The summed E-state index contributed by atoms with van der Waals surface area (Å²) in [7, 11) is -2.90. The molecule has 1 rings (SSSR count). The first-order valence-corrected chi connectivity index (χ1v) is 7.94. The first-order chi connectivity index (χ1) is 7.94. The van der Waals surface area contributed by atoms with Gasteiger partial charge in [0.2, 0.25) is 0 Å². The maximum absolute atomic E-state index is 11.2. The highest BCUT2D eigenvalue weighted by atomic mass is 79.9. The summed E-state index contributed by atoms with van der Waals surface area (Å²) in [5.41, 5.74) is 0.989. The second-order valence-corrected chi connectivity index (χ2v) is 7.03. The molecule has 96 valence electrons. The van der Waals surface area contributed by atoms with E-state index in [0.29, 0.717) is 17.6 Å². The molecule has 0 aromatic heterocycles. The first kappa shape index (κ1) is 14.5. The molecule has 2 N–H and O–H groups in total. The van der Waals surface area contributed by atoms with E-state index in [9.17, 15) is 13.5 Å². The minimum Gasteiger partial charge on any atom is -0.507 e. The molecule has 0 aliphatic carbocycles. The number of phenolic OH excluding ortho intramolecular Hbond substituents is 1. The minimum atomic E-state index is -2.90. The molecule has 0 spiro atoms. The van der Waals surface area contributed by atoms with Gasteiger partial charge in [-0.1, -0.05) is 13.0 Å². The Morgan fingerprint density at radius 3 is 2.71 bits per heavy atom. The van der Waals surface area contributed by atoms with Crippen molar-refractivity contribution in [3.8, 4) is 5.75 Å². The van der Waals surface area contributed by atoms with Crippen molar-refractivity contribution in [1.29, 1.82) is 0 Å². The zero-order valence-corrected chi connectivity index (χ0v) is 12.0.